The number of aliphatic carboxylic acids is 2. The number of rotatable bonds is 8. The van der Waals surface area contributed by atoms with E-state index in [0.29, 0.717) is 18.2 Å². The van der Waals surface area contributed by atoms with Crippen molar-refractivity contribution in [3.05, 3.63) is 97.3 Å². The SMILES string of the molecule is C=CC1=C(C)C2=Cc3[n-]c(c(C)c3C=C)C=C3NC(C=c4[n-]c(c(C)c4CCC(=O)O)=CC1N2)C(CCC(=O)O)=C3C.[FeH2]. The summed E-state index contributed by atoms with van der Waals surface area (Å²) >= 11 is 0. The summed E-state index contributed by atoms with van der Waals surface area (Å²) in [4.78, 5) is 33.1. The van der Waals surface area contributed by atoms with E-state index in [1.54, 1.807) is 0 Å². The van der Waals surface area contributed by atoms with Gasteiger partial charge in [0.15, 0.2) is 0 Å². The Morgan fingerprint density at radius 1 is 0.814 bits per heavy atom. The first-order valence-electron chi connectivity index (χ1n) is 14.1. The number of nitrogens with one attached hydrogen (secondary N) is 2. The fourth-order valence-electron chi connectivity index (χ4n) is 6.13. The van der Waals surface area contributed by atoms with Gasteiger partial charge in [0, 0.05) is 24.2 Å². The Morgan fingerprint density at radius 3 is 2.07 bits per heavy atom. The van der Waals surface area contributed by atoms with Crippen LogP contribution in [0.2, 0.25) is 0 Å². The zero-order chi connectivity index (χ0) is 30.3. The average molecular weight is 623 g/mol. The van der Waals surface area contributed by atoms with Crippen LogP contribution >= 0.6 is 0 Å². The summed E-state index contributed by atoms with van der Waals surface area (Å²) < 4.78 is 0. The quantitative estimate of drug-likeness (QED) is 0.332. The summed E-state index contributed by atoms with van der Waals surface area (Å²) in [7, 11) is 0. The Hall–Kier alpha value is -4.20. The van der Waals surface area contributed by atoms with Crippen LogP contribution in [0.25, 0.3) is 30.4 Å². The summed E-state index contributed by atoms with van der Waals surface area (Å²) in [5.41, 5.74) is 11.2. The summed E-state index contributed by atoms with van der Waals surface area (Å²) in [6.45, 7) is 16.2. The number of fused-ring (bicyclic) bond motifs is 8. The second-order valence-electron chi connectivity index (χ2n) is 11.0. The molecule has 0 aromatic carbocycles. The van der Waals surface area contributed by atoms with Crippen LogP contribution in [0.1, 0.15) is 66.8 Å². The number of allylic oxidation sites excluding steroid dienone is 2. The molecule has 5 heterocycles. The minimum atomic E-state index is -0.872. The van der Waals surface area contributed by atoms with Crippen LogP contribution in [-0.4, -0.2) is 34.2 Å². The normalized spacial score (nSPS) is 18.9. The van der Waals surface area contributed by atoms with Crippen molar-refractivity contribution in [2.75, 3.05) is 0 Å². The van der Waals surface area contributed by atoms with Gasteiger partial charge in [0.2, 0.25) is 0 Å². The third-order valence-electron chi connectivity index (χ3n) is 8.58. The van der Waals surface area contributed by atoms with Gasteiger partial charge in [-0.25, -0.2) is 0 Å². The molecule has 0 fully saturated rings. The molecule has 5 rings (SSSR count). The Kier molecular flexibility index (Phi) is 9.28. The monoisotopic (exact) mass is 622 g/mol. The van der Waals surface area contributed by atoms with Gasteiger partial charge in [0.05, 0.1) is 12.1 Å². The molecule has 0 saturated carbocycles. The van der Waals surface area contributed by atoms with E-state index in [0.717, 1.165) is 72.7 Å². The molecule has 228 valence electrons. The summed E-state index contributed by atoms with van der Waals surface area (Å²) in [5, 5.41) is 27.6. The third-order valence-corrected chi connectivity index (χ3v) is 8.58. The molecular weight excluding hydrogens is 584 g/mol. The van der Waals surface area contributed by atoms with Crippen molar-refractivity contribution in [3.63, 3.8) is 0 Å². The van der Waals surface area contributed by atoms with Crippen LogP contribution in [0.3, 0.4) is 0 Å². The average Bonchev–Trinajstić information content (AvgIpc) is 3.59. The van der Waals surface area contributed by atoms with Crippen LogP contribution < -0.4 is 31.3 Å². The van der Waals surface area contributed by atoms with Crippen LogP contribution in [0, 0.1) is 13.8 Å². The van der Waals surface area contributed by atoms with E-state index < -0.39 is 11.9 Å². The van der Waals surface area contributed by atoms with E-state index in [4.69, 9.17) is 9.97 Å². The maximum atomic E-state index is 11.5. The molecule has 3 aliphatic rings. The number of carboxylic acids is 2. The molecule has 2 aromatic rings. The first kappa shape index (κ1) is 31.7. The number of nitrogens with zero attached hydrogens (tertiary/aromatic N) is 2. The molecular formula is C34H38FeN4O4-2. The molecule has 0 amide bonds. The second-order valence-corrected chi connectivity index (χ2v) is 11.0. The molecule has 0 radical (unpaired) electrons. The van der Waals surface area contributed by atoms with Gasteiger partial charge in [-0.1, -0.05) is 66.3 Å². The summed E-state index contributed by atoms with van der Waals surface area (Å²) in [6, 6.07) is -0.479. The Bertz CT molecular complexity index is 1780. The zero-order valence-electron chi connectivity index (χ0n) is 24.9. The van der Waals surface area contributed by atoms with Crippen LogP contribution in [0.4, 0.5) is 0 Å². The number of hydrogen-bond donors (Lipinski definition) is 4. The minimum absolute atomic E-state index is 0. The Morgan fingerprint density at radius 2 is 1.42 bits per heavy atom. The van der Waals surface area contributed by atoms with E-state index in [9.17, 15) is 19.8 Å². The van der Waals surface area contributed by atoms with Crippen molar-refractivity contribution in [2.45, 2.75) is 65.5 Å². The fraction of sp³-hybridized carbons (Fsp3) is 0.294. The van der Waals surface area contributed by atoms with Crippen molar-refractivity contribution < 1.29 is 36.9 Å². The van der Waals surface area contributed by atoms with Gasteiger partial charge >= 0.3 is 29.0 Å². The molecule has 9 heteroatoms. The van der Waals surface area contributed by atoms with Crippen molar-refractivity contribution in [1.29, 1.82) is 0 Å². The number of aromatic nitrogens is 2. The van der Waals surface area contributed by atoms with Crippen molar-refractivity contribution in [2.24, 2.45) is 0 Å². The maximum absolute atomic E-state index is 11.5. The molecule has 0 spiro atoms. The van der Waals surface area contributed by atoms with Gasteiger partial charge < -0.3 is 30.8 Å². The van der Waals surface area contributed by atoms with E-state index in [-0.39, 0.29) is 42.0 Å². The van der Waals surface area contributed by atoms with Gasteiger partial charge in [-0.05, 0) is 68.4 Å². The fourth-order valence-corrected chi connectivity index (χ4v) is 6.13. The topological polar surface area (TPSA) is 127 Å². The molecule has 4 N–H and O–H groups in total. The number of carbonyl (C=O) groups is 2. The van der Waals surface area contributed by atoms with Gasteiger partial charge in [0.1, 0.15) is 0 Å². The summed E-state index contributed by atoms with van der Waals surface area (Å²) in [5.74, 6) is -1.74. The predicted molar refractivity (Wildman–Crippen MR) is 168 cm³/mol. The second kappa shape index (κ2) is 12.6. The van der Waals surface area contributed by atoms with Gasteiger partial charge in [-0.3, -0.25) is 9.59 Å². The zero-order valence-corrected chi connectivity index (χ0v) is 26.2. The molecule has 2 unspecified atom stereocenters. The first-order valence-corrected chi connectivity index (χ1v) is 14.1. The summed E-state index contributed by atoms with van der Waals surface area (Å²) in [6.07, 6.45) is 12.5. The van der Waals surface area contributed by atoms with Crippen LogP contribution in [0.15, 0.2) is 52.9 Å². The van der Waals surface area contributed by atoms with Crippen molar-refractivity contribution in [1.82, 2.24) is 20.6 Å². The number of hydrogen-bond acceptors (Lipinski definition) is 4. The standard InChI is InChI=1S/C34H36N4O4.Fe.2H/c1-7-21-17(3)25-13-26-19(5)23(9-11-33(39)40)31(37-26)16-32-24(10-12-34(41)42)20(6)28(38-32)15-30-22(8-2)18(4)27(36-30)14-29(21)35-25;;;/h7-8,13-16,30-31,36-37H,1-2,9-12H2,3-6H3,(H,39,40)(H,41,42);;;/q-2;;;. The van der Waals surface area contributed by atoms with E-state index in [1.165, 1.54) is 0 Å². The van der Waals surface area contributed by atoms with Crippen molar-refractivity contribution in [3.8, 4) is 0 Å². The predicted octanol–water partition coefficient (Wildman–Crippen LogP) is 2.92. The van der Waals surface area contributed by atoms with Crippen LogP contribution in [0.5, 0.6) is 0 Å². The Labute approximate surface area is 261 Å². The molecule has 2 atom stereocenters. The molecule has 0 aliphatic carbocycles. The van der Waals surface area contributed by atoms with Gasteiger partial charge in [0.25, 0.3) is 0 Å². The van der Waals surface area contributed by atoms with Crippen LogP contribution in [-0.2, 0) is 33.1 Å². The van der Waals surface area contributed by atoms with E-state index >= 15 is 0 Å². The number of carboxylic acid groups (broad SMARTS) is 2. The van der Waals surface area contributed by atoms with Gasteiger partial charge in [-0.15, -0.1) is 22.1 Å². The molecule has 43 heavy (non-hydrogen) atoms. The molecule has 0 saturated heterocycles. The molecule has 8 bridgehead atoms. The van der Waals surface area contributed by atoms with E-state index in [2.05, 4.69) is 36.8 Å². The third kappa shape index (κ3) is 6.01. The Balaban J connectivity index is 0.00000423. The first-order chi connectivity index (χ1) is 20.0. The van der Waals surface area contributed by atoms with Crippen molar-refractivity contribution >= 4 is 42.3 Å². The molecule has 8 nitrogen and oxygen atoms in total. The molecule has 2 aromatic heterocycles. The van der Waals surface area contributed by atoms with E-state index in [1.807, 2.05) is 51.2 Å². The molecule has 3 aliphatic heterocycles. The van der Waals surface area contributed by atoms with Gasteiger partial charge in [-0.2, -0.15) is 0 Å².